The van der Waals surface area contributed by atoms with Crippen LogP contribution >= 0.6 is 0 Å². The quantitative estimate of drug-likeness (QED) is 0.801. The molecule has 1 N–H and O–H groups in total. The van der Waals surface area contributed by atoms with Gasteiger partial charge in [0.1, 0.15) is 11.9 Å². The maximum absolute atomic E-state index is 6.33. The summed E-state index contributed by atoms with van der Waals surface area (Å²) in [7, 11) is 0. The number of nitrogens with zero attached hydrogens (tertiary/aromatic N) is 1. The second-order valence-electron chi connectivity index (χ2n) is 6.03. The summed E-state index contributed by atoms with van der Waals surface area (Å²) in [6.07, 6.45) is 8.60. The van der Waals surface area contributed by atoms with Gasteiger partial charge in [-0.25, -0.2) is 0 Å². The van der Waals surface area contributed by atoms with Crippen molar-refractivity contribution in [1.29, 1.82) is 0 Å². The molecular formula is C17H28N2O. The van der Waals surface area contributed by atoms with E-state index in [2.05, 4.69) is 30.2 Å². The van der Waals surface area contributed by atoms with Crippen molar-refractivity contribution in [3.63, 3.8) is 0 Å². The van der Waals surface area contributed by atoms with Gasteiger partial charge in [0, 0.05) is 30.1 Å². The Balaban J connectivity index is 2.05. The van der Waals surface area contributed by atoms with E-state index in [1.165, 1.54) is 31.2 Å². The van der Waals surface area contributed by atoms with E-state index in [1.54, 1.807) is 0 Å². The number of hydrogen-bond acceptors (Lipinski definition) is 3. The van der Waals surface area contributed by atoms with Crippen molar-refractivity contribution in [3.8, 4) is 5.75 Å². The van der Waals surface area contributed by atoms with Crippen molar-refractivity contribution in [2.75, 3.05) is 6.54 Å². The van der Waals surface area contributed by atoms with Crippen molar-refractivity contribution in [2.24, 2.45) is 5.92 Å². The molecule has 1 aliphatic rings. The fourth-order valence-electron chi connectivity index (χ4n) is 2.83. The van der Waals surface area contributed by atoms with Gasteiger partial charge in [-0.15, -0.1) is 0 Å². The Bertz CT molecular complexity index is 419. The van der Waals surface area contributed by atoms with Crippen LogP contribution in [-0.2, 0) is 6.54 Å². The minimum Gasteiger partial charge on any atom is -0.490 e. The van der Waals surface area contributed by atoms with Crippen molar-refractivity contribution in [2.45, 2.75) is 65.5 Å². The molecule has 0 aromatic carbocycles. The number of aromatic nitrogens is 1. The molecule has 0 bridgehead atoms. The summed E-state index contributed by atoms with van der Waals surface area (Å²) in [5, 5.41) is 3.44. The van der Waals surface area contributed by atoms with Crippen LogP contribution in [0.15, 0.2) is 12.3 Å². The Hall–Kier alpha value is -1.09. The highest BCUT2D eigenvalue weighted by Crippen LogP contribution is 2.29. The summed E-state index contributed by atoms with van der Waals surface area (Å²) in [4.78, 5) is 4.41. The van der Waals surface area contributed by atoms with E-state index >= 15 is 0 Å². The van der Waals surface area contributed by atoms with Crippen LogP contribution in [0.3, 0.4) is 0 Å². The fourth-order valence-corrected chi connectivity index (χ4v) is 2.83. The molecule has 0 spiro atoms. The predicted molar refractivity (Wildman–Crippen MR) is 83.0 cm³/mol. The Morgan fingerprint density at radius 1 is 1.35 bits per heavy atom. The van der Waals surface area contributed by atoms with Crippen molar-refractivity contribution in [3.05, 3.63) is 23.5 Å². The molecule has 1 aromatic heterocycles. The SMILES string of the molecule is CCCNCc1cnc(C)cc1OC1CCCCC1C. The zero-order valence-corrected chi connectivity index (χ0v) is 13.1. The highest BCUT2D eigenvalue weighted by molar-refractivity contribution is 5.33. The van der Waals surface area contributed by atoms with E-state index in [0.717, 1.165) is 31.0 Å². The fraction of sp³-hybridized carbons (Fsp3) is 0.706. The van der Waals surface area contributed by atoms with Gasteiger partial charge in [0.25, 0.3) is 0 Å². The van der Waals surface area contributed by atoms with Gasteiger partial charge in [-0.1, -0.05) is 20.3 Å². The van der Waals surface area contributed by atoms with Crippen LogP contribution < -0.4 is 10.1 Å². The lowest BCUT2D eigenvalue weighted by Crippen LogP contribution is -2.29. The van der Waals surface area contributed by atoms with E-state index in [1.807, 2.05) is 13.1 Å². The van der Waals surface area contributed by atoms with E-state index in [9.17, 15) is 0 Å². The first-order valence-electron chi connectivity index (χ1n) is 8.03. The molecule has 0 saturated heterocycles. The average molecular weight is 276 g/mol. The van der Waals surface area contributed by atoms with E-state index in [-0.39, 0.29) is 0 Å². The van der Waals surface area contributed by atoms with E-state index < -0.39 is 0 Å². The van der Waals surface area contributed by atoms with Gasteiger partial charge >= 0.3 is 0 Å². The first kappa shape index (κ1) is 15.3. The molecule has 0 radical (unpaired) electrons. The maximum atomic E-state index is 6.33. The lowest BCUT2D eigenvalue weighted by atomic mass is 9.88. The standard InChI is InChI=1S/C17H28N2O/c1-4-9-18-11-15-12-19-14(3)10-17(15)20-16-8-6-5-7-13(16)2/h10,12-13,16,18H,4-9,11H2,1-3H3. The van der Waals surface area contributed by atoms with Gasteiger partial charge < -0.3 is 10.1 Å². The molecular weight excluding hydrogens is 248 g/mol. The molecule has 1 fully saturated rings. The molecule has 2 atom stereocenters. The number of rotatable bonds is 6. The average Bonchev–Trinajstić information content (AvgIpc) is 2.44. The first-order valence-corrected chi connectivity index (χ1v) is 8.03. The number of ether oxygens (including phenoxy) is 1. The van der Waals surface area contributed by atoms with Crippen LogP contribution in [-0.4, -0.2) is 17.6 Å². The molecule has 20 heavy (non-hydrogen) atoms. The number of pyridine rings is 1. The third kappa shape index (κ3) is 4.20. The molecule has 3 heteroatoms. The van der Waals surface area contributed by atoms with Crippen LogP contribution in [0, 0.1) is 12.8 Å². The van der Waals surface area contributed by atoms with Gasteiger partial charge in [0.15, 0.2) is 0 Å². The minimum atomic E-state index is 0.371. The normalized spacial score (nSPS) is 22.8. The third-order valence-corrected chi connectivity index (χ3v) is 4.13. The van der Waals surface area contributed by atoms with Gasteiger partial charge in [-0.3, -0.25) is 4.98 Å². The molecule has 112 valence electrons. The third-order valence-electron chi connectivity index (χ3n) is 4.13. The largest absolute Gasteiger partial charge is 0.490 e. The Morgan fingerprint density at radius 2 is 2.15 bits per heavy atom. The van der Waals surface area contributed by atoms with Crippen LogP contribution in [0.5, 0.6) is 5.75 Å². The van der Waals surface area contributed by atoms with Gasteiger partial charge in [-0.2, -0.15) is 0 Å². The predicted octanol–water partition coefficient (Wildman–Crippen LogP) is 3.85. The van der Waals surface area contributed by atoms with Crippen LogP contribution in [0.4, 0.5) is 0 Å². The molecule has 2 unspecified atom stereocenters. The Labute approximate surface area is 123 Å². The van der Waals surface area contributed by atoms with E-state index in [4.69, 9.17) is 4.74 Å². The summed E-state index contributed by atoms with van der Waals surface area (Å²) in [5.41, 5.74) is 2.21. The highest BCUT2D eigenvalue weighted by atomic mass is 16.5. The zero-order valence-electron chi connectivity index (χ0n) is 13.1. The summed E-state index contributed by atoms with van der Waals surface area (Å²) in [6, 6.07) is 2.09. The summed E-state index contributed by atoms with van der Waals surface area (Å²) in [5.74, 6) is 1.69. The lowest BCUT2D eigenvalue weighted by molar-refractivity contribution is 0.101. The molecule has 1 aliphatic carbocycles. The summed E-state index contributed by atoms with van der Waals surface area (Å²) >= 11 is 0. The topological polar surface area (TPSA) is 34.2 Å². The second kappa shape index (κ2) is 7.63. The highest BCUT2D eigenvalue weighted by Gasteiger charge is 2.23. The monoisotopic (exact) mass is 276 g/mol. The Kier molecular flexibility index (Phi) is 5.84. The second-order valence-corrected chi connectivity index (χ2v) is 6.03. The molecule has 1 heterocycles. The first-order chi connectivity index (χ1) is 9.70. The minimum absolute atomic E-state index is 0.371. The number of hydrogen-bond donors (Lipinski definition) is 1. The smallest absolute Gasteiger partial charge is 0.127 e. The molecule has 0 amide bonds. The molecule has 2 rings (SSSR count). The van der Waals surface area contributed by atoms with Crippen LogP contribution in [0.2, 0.25) is 0 Å². The molecule has 1 saturated carbocycles. The molecule has 1 aromatic rings. The summed E-state index contributed by atoms with van der Waals surface area (Å²) < 4.78 is 6.33. The van der Waals surface area contributed by atoms with Crippen LogP contribution in [0.1, 0.15) is 57.2 Å². The van der Waals surface area contributed by atoms with Crippen molar-refractivity contribution in [1.82, 2.24) is 10.3 Å². The zero-order chi connectivity index (χ0) is 14.4. The Morgan fingerprint density at radius 3 is 2.90 bits per heavy atom. The van der Waals surface area contributed by atoms with Gasteiger partial charge in [0.2, 0.25) is 0 Å². The number of aryl methyl sites for hydroxylation is 1. The van der Waals surface area contributed by atoms with Crippen molar-refractivity contribution < 1.29 is 4.74 Å². The van der Waals surface area contributed by atoms with Crippen LogP contribution in [0.25, 0.3) is 0 Å². The summed E-state index contributed by atoms with van der Waals surface area (Å²) in [6.45, 7) is 8.40. The van der Waals surface area contributed by atoms with E-state index in [0.29, 0.717) is 12.0 Å². The maximum Gasteiger partial charge on any atom is 0.127 e. The lowest BCUT2D eigenvalue weighted by Gasteiger charge is -2.30. The van der Waals surface area contributed by atoms with Crippen molar-refractivity contribution >= 4 is 0 Å². The van der Waals surface area contributed by atoms with Gasteiger partial charge in [0.05, 0.1) is 0 Å². The van der Waals surface area contributed by atoms with Gasteiger partial charge in [-0.05, 0) is 45.1 Å². The molecule has 3 nitrogen and oxygen atoms in total. The number of nitrogens with one attached hydrogen (secondary N) is 1. The molecule has 0 aliphatic heterocycles.